The number of benzene rings is 1. The molecular formula is C16H18O4. The smallest absolute Gasteiger partial charge is 0.336 e. The molecular weight excluding hydrogens is 256 g/mol. The first-order valence-electron chi connectivity index (χ1n) is 6.80. The lowest BCUT2D eigenvalue weighted by Gasteiger charge is -2.18. The molecule has 1 aromatic rings. The Morgan fingerprint density at radius 1 is 0.950 bits per heavy atom. The Hall–Kier alpha value is -2.10. The molecule has 1 aliphatic rings. The molecule has 0 unspecified atom stereocenters. The average molecular weight is 274 g/mol. The minimum Gasteiger partial charge on any atom is -0.478 e. The van der Waals surface area contributed by atoms with Gasteiger partial charge in [0.05, 0.1) is 11.1 Å². The van der Waals surface area contributed by atoms with E-state index >= 15 is 0 Å². The zero-order valence-corrected chi connectivity index (χ0v) is 11.5. The summed E-state index contributed by atoms with van der Waals surface area (Å²) in [5.41, 5.74) is 3.01. The number of aromatic carboxylic acids is 2. The Balaban J connectivity index is 2.54. The summed E-state index contributed by atoms with van der Waals surface area (Å²) in [4.78, 5) is 22.4. The van der Waals surface area contributed by atoms with E-state index in [2.05, 4.69) is 0 Å². The van der Waals surface area contributed by atoms with Crippen molar-refractivity contribution in [2.45, 2.75) is 39.0 Å². The van der Waals surface area contributed by atoms with Crippen LogP contribution in [0.3, 0.4) is 0 Å². The van der Waals surface area contributed by atoms with Gasteiger partial charge >= 0.3 is 11.9 Å². The highest BCUT2D eigenvalue weighted by Gasteiger charge is 2.17. The molecule has 0 amide bonds. The van der Waals surface area contributed by atoms with Crippen molar-refractivity contribution < 1.29 is 19.8 Å². The normalized spacial score (nSPS) is 14.9. The second-order valence-corrected chi connectivity index (χ2v) is 5.16. The number of carboxylic acid groups (broad SMARTS) is 2. The summed E-state index contributed by atoms with van der Waals surface area (Å²) in [7, 11) is 0. The van der Waals surface area contributed by atoms with Gasteiger partial charge in [-0.2, -0.15) is 0 Å². The van der Waals surface area contributed by atoms with Crippen molar-refractivity contribution in [3.63, 3.8) is 0 Å². The number of allylic oxidation sites excluding steroid dienone is 2. The van der Waals surface area contributed by atoms with Crippen molar-refractivity contribution in [3.8, 4) is 0 Å². The van der Waals surface area contributed by atoms with Gasteiger partial charge in [0.25, 0.3) is 0 Å². The van der Waals surface area contributed by atoms with Crippen LogP contribution < -0.4 is 0 Å². The van der Waals surface area contributed by atoms with E-state index in [-0.39, 0.29) is 11.1 Å². The molecule has 1 fully saturated rings. The lowest BCUT2D eigenvalue weighted by molar-refractivity contribution is 0.0681. The van der Waals surface area contributed by atoms with E-state index in [1.165, 1.54) is 30.2 Å². The molecule has 0 aromatic heterocycles. The maximum Gasteiger partial charge on any atom is 0.336 e. The van der Waals surface area contributed by atoms with E-state index in [4.69, 9.17) is 5.11 Å². The van der Waals surface area contributed by atoms with E-state index in [0.717, 1.165) is 31.3 Å². The topological polar surface area (TPSA) is 74.6 Å². The highest BCUT2D eigenvalue weighted by atomic mass is 16.4. The molecule has 1 aromatic carbocycles. The summed E-state index contributed by atoms with van der Waals surface area (Å²) in [6, 6.07) is 4.20. The largest absolute Gasteiger partial charge is 0.478 e. The van der Waals surface area contributed by atoms with Gasteiger partial charge in [-0.05, 0) is 61.9 Å². The van der Waals surface area contributed by atoms with E-state index in [9.17, 15) is 14.7 Å². The summed E-state index contributed by atoms with van der Waals surface area (Å²) in [5.74, 6) is -2.06. The van der Waals surface area contributed by atoms with Crippen molar-refractivity contribution in [3.05, 3.63) is 40.5 Å². The second kappa shape index (κ2) is 5.90. The van der Waals surface area contributed by atoms with Crippen molar-refractivity contribution >= 4 is 17.5 Å². The number of carbonyl (C=O) groups is 2. The Labute approximate surface area is 117 Å². The van der Waals surface area contributed by atoms with Gasteiger partial charge in [0.1, 0.15) is 0 Å². The molecule has 0 saturated heterocycles. The maximum absolute atomic E-state index is 11.3. The first-order valence-corrected chi connectivity index (χ1v) is 6.80. The van der Waals surface area contributed by atoms with Crippen LogP contribution in [0.4, 0.5) is 0 Å². The van der Waals surface area contributed by atoms with Crippen LogP contribution in [0, 0.1) is 0 Å². The van der Waals surface area contributed by atoms with Crippen LogP contribution in [0.25, 0.3) is 5.57 Å². The predicted molar refractivity (Wildman–Crippen MR) is 76.0 cm³/mol. The molecule has 2 rings (SSSR count). The summed E-state index contributed by atoms with van der Waals surface area (Å²) < 4.78 is 0. The first kappa shape index (κ1) is 14.3. The van der Waals surface area contributed by atoms with Gasteiger partial charge in [-0.15, -0.1) is 0 Å². The van der Waals surface area contributed by atoms with Crippen LogP contribution in [0.15, 0.2) is 23.8 Å². The summed E-state index contributed by atoms with van der Waals surface area (Å²) in [6.07, 6.45) is 5.39. The summed E-state index contributed by atoms with van der Waals surface area (Å²) in [5, 5.41) is 18.3. The molecule has 2 N–H and O–H groups in total. The van der Waals surface area contributed by atoms with Crippen LogP contribution in [-0.2, 0) is 0 Å². The first-order chi connectivity index (χ1) is 9.50. The molecule has 0 radical (unpaired) electrons. The molecule has 1 aliphatic carbocycles. The van der Waals surface area contributed by atoms with Gasteiger partial charge in [0, 0.05) is 0 Å². The third-order valence-corrected chi connectivity index (χ3v) is 3.89. The molecule has 0 atom stereocenters. The molecule has 1 saturated carbocycles. The Morgan fingerprint density at radius 2 is 1.60 bits per heavy atom. The van der Waals surface area contributed by atoms with Crippen LogP contribution in [0.1, 0.15) is 65.3 Å². The minimum absolute atomic E-state index is 0.126. The lowest BCUT2D eigenvalue weighted by Crippen LogP contribution is -2.06. The summed E-state index contributed by atoms with van der Waals surface area (Å²) in [6.45, 7) is 1.90. The fourth-order valence-electron chi connectivity index (χ4n) is 2.72. The Bertz CT molecular complexity index is 576. The third kappa shape index (κ3) is 2.90. The molecule has 0 aliphatic heterocycles. The molecule has 4 nitrogen and oxygen atoms in total. The molecule has 0 spiro atoms. The second-order valence-electron chi connectivity index (χ2n) is 5.16. The van der Waals surface area contributed by atoms with Crippen LogP contribution in [0.2, 0.25) is 0 Å². The summed E-state index contributed by atoms with van der Waals surface area (Å²) >= 11 is 0. The lowest BCUT2D eigenvalue weighted by atomic mass is 9.87. The van der Waals surface area contributed by atoms with E-state index in [1.807, 2.05) is 6.92 Å². The Kier molecular flexibility index (Phi) is 4.23. The van der Waals surface area contributed by atoms with Crippen molar-refractivity contribution in [2.24, 2.45) is 0 Å². The van der Waals surface area contributed by atoms with Crippen LogP contribution >= 0.6 is 0 Å². The highest BCUT2D eigenvalue weighted by molar-refractivity contribution is 5.97. The van der Waals surface area contributed by atoms with Crippen molar-refractivity contribution in [1.82, 2.24) is 0 Å². The van der Waals surface area contributed by atoms with Crippen LogP contribution in [0.5, 0.6) is 0 Å². The molecule has 0 bridgehead atoms. The average Bonchev–Trinajstić information content (AvgIpc) is 2.46. The van der Waals surface area contributed by atoms with E-state index < -0.39 is 11.9 Å². The van der Waals surface area contributed by atoms with Crippen molar-refractivity contribution in [2.75, 3.05) is 0 Å². The number of hydrogen-bond donors (Lipinski definition) is 2. The molecule has 20 heavy (non-hydrogen) atoms. The molecule has 106 valence electrons. The number of carboxylic acids is 2. The Morgan fingerprint density at radius 3 is 2.15 bits per heavy atom. The van der Waals surface area contributed by atoms with Gasteiger partial charge in [0.2, 0.25) is 0 Å². The highest BCUT2D eigenvalue weighted by Crippen LogP contribution is 2.32. The fraction of sp³-hybridized carbons (Fsp3) is 0.375. The molecule has 0 heterocycles. The van der Waals surface area contributed by atoms with Gasteiger partial charge in [-0.25, -0.2) is 9.59 Å². The standard InChI is InChI=1S/C16H18O4/c1-10(11-5-3-2-4-6-11)14-9-12(15(17)18)7-8-13(14)16(19)20/h7-9H,2-6H2,1H3,(H,17,18)(H,19,20). The number of hydrogen-bond acceptors (Lipinski definition) is 2. The molecule has 4 heteroatoms. The zero-order chi connectivity index (χ0) is 14.7. The predicted octanol–water partition coefficient (Wildman–Crippen LogP) is 3.82. The van der Waals surface area contributed by atoms with Gasteiger partial charge in [-0.1, -0.05) is 12.0 Å². The number of rotatable bonds is 3. The SMILES string of the molecule is CC(=C1CCCCC1)c1cc(C(=O)O)ccc1C(=O)O. The van der Waals surface area contributed by atoms with Crippen LogP contribution in [-0.4, -0.2) is 22.2 Å². The fourth-order valence-corrected chi connectivity index (χ4v) is 2.72. The zero-order valence-electron chi connectivity index (χ0n) is 11.5. The third-order valence-electron chi connectivity index (χ3n) is 3.89. The van der Waals surface area contributed by atoms with E-state index in [1.54, 1.807) is 0 Å². The van der Waals surface area contributed by atoms with Crippen molar-refractivity contribution in [1.29, 1.82) is 0 Å². The maximum atomic E-state index is 11.3. The van der Waals surface area contributed by atoms with Gasteiger partial charge < -0.3 is 10.2 Å². The van der Waals surface area contributed by atoms with Gasteiger partial charge in [-0.3, -0.25) is 0 Å². The van der Waals surface area contributed by atoms with Gasteiger partial charge in [0.15, 0.2) is 0 Å². The quantitative estimate of drug-likeness (QED) is 0.878. The monoisotopic (exact) mass is 274 g/mol. The van der Waals surface area contributed by atoms with E-state index in [0.29, 0.717) is 5.56 Å². The minimum atomic E-state index is -1.04.